The minimum atomic E-state index is -0.487. The largest absolute Gasteiger partial charge is 0.333 e. The predicted octanol–water partition coefficient (Wildman–Crippen LogP) is 1.00. The predicted molar refractivity (Wildman–Crippen MR) is 89.5 cm³/mol. The summed E-state index contributed by atoms with van der Waals surface area (Å²) in [5, 5.41) is 22.2. The fourth-order valence-electron chi connectivity index (χ4n) is 1.79. The van der Waals surface area contributed by atoms with E-state index in [0.29, 0.717) is 5.56 Å². The first-order valence-corrected chi connectivity index (χ1v) is 6.99. The van der Waals surface area contributed by atoms with Crippen LogP contribution >= 0.6 is 0 Å². The maximum Gasteiger partial charge on any atom is 0.295 e. The summed E-state index contributed by atoms with van der Waals surface area (Å²) in [6, 6.07) is 5.79. The van der Waals surface area contributed by atoms with E-state index in [-0.39, 0.29) is 17.3 Å². The third-order valence-electron chi connectivity index (χ3n) is 3.09. The average Bonchev–Trinajstić information content (AvgIpc) is 2.50. The van der Waals surface area contributed by atoms with E-state index in [1.165, 1.54) is 30.5 Å². The number of anilines is 1. The standard InChI is InChI=1S/C14H17N7O3/c1-14(2,3)11-12(22)20(15)13(19-17-11)18-16-8-9-4-6-10(7-5-9)21(23)24/h4-8H,15H2,1-3H3,(H,18,19)/b16-8-. The molecule has 2 rings (SSSR count). The van der Waals surface area contributed by atoms with Crippen LogP contribution in [0.2, 0.25) is 0 Å². The molecule has 0 saturated carbocycles. The highest BCUT2D eigenvalue weighted by Crippen LogP contribution is 2.15. The van der Waals surface area contributed by atoms with Gasteiger partial charge in [-0.3, -0.25) is 14.9 Å². The molecule has 0 aliphatic rings. The Kier molecular flexibility index (Phi) is 4.58. The Labute approximate surface area is 137 Å². The number of nitro benzene ring substituents is 1. The van der Waals surface area contributed by atoms with Gasteiger partial charge in [0.1, 0.15) is 5.69 Å². The number of non-ortho nitro benzene ring substituents is 1. The molecule has 1 heterocycles. The van der Waals surface area contributed by atoms with Crippen LogP contribution in [0.25, 0.3) is 0 Å². The summed E-state index contributed by atoms with van der Waals surface area (Å²) in [5.41, 5.74) is 2.43. The first-order valence-electron chi connectivity index (χ1n) is 6.99. The van der Waals surface area contributed by atoms with E-state index < -0.39 is 15.9 Å². The number of hydrogen-bond acceptors (Lipinski definition) is 8. The van der Waals surface area contributed by atoms with Crippen molar-refractivity contribution >= 4 is 17.9 Å². The molecule has 24 heavy (non-hydrogen) atoms. The van der Waals surface area contributed by atoms with Crippen molar-refractivity contribution in [2.75, 3.05) is 11.3 Å². The van der Waals surface area contributed by atoms with E-state index in [4.69, 9.17) is 5.84 Å². The molecule has 10 nitrogen and oxygen atoms in total. The summed E-state index contributed by atoms with van der Waals surface area (Å²) in [7, 11) is 0. The summed E-state index contributed by atoms with van der Waals surface area (Å²) in [4.78, 5) is 22.2. The van der Waals surface area contributed by atoms with Crippen molar-refractivity contribution in [3.05, 3.63) is 56.0 Å². The lowest BCUT2D eigenvalue weighted by molar-refractivity contribution is -0.384. The van der Waals surface area contributed by atoms with E-state index in [9.17, 15) is 14.9 Å². The zero-order valence-corrected chi connectivity index (χ0v) is 13.4. The van der Waals surface area contributed by atoms with Gasteiger partial charge in [0.2, 0.25) is 0 Å². The third kappa shape index (κ3) is 3.72. The number of aromatic nitrogens is 3. The van der Waals surface area contributed by atoms with Crippen molar-refractivity contribution in [3.63, 3.8) is 0 Å². The van der Waals surface area contributed by atoms with Gasteiger partial charge in [0.15, 0.2) is 0 Å². The molecule has 2 aromatic rings. The van der Waals surface area contributed by atoms with Gasteiger partial charge in [-0.25, -0.2) is 5.43 Å². The first kappa shape index (κ1) is 17.1. The normalized spacial score (nSPS) is 11.6. The lowest BCUT2D eigenvalue weighted by Crippen LogP contribution is -2.38. The summed E-state index contributed by atoms with van der Waals surface area (Å²) in [6.45, 7) is 5.49. The molecule has 10 heteroatoms. The lowest BCUT2D eigenvalue weighted by Gasteiger charge is -2.16. The van der Waals surface area contributed by atoms with Crippen LogP contribution in [0.4, 0.5) is 11.6 Å². The number of nitrogen functional groups attached to an aromatic ring is 1. The minimum absolute atomic E-state index is 0.0143. The van der Waals surface area contributed by atoms with Gasteiger partial charge in [0.25, 0.3) is 17.2 Å². The Balaban J connectivity index is 2.16. The van der Waals surface area contributed by atoms with Crippen LogP contribution in [0, 0.1) is 10.1 Å². The number of rotatable bonds is 4. The number of benzene rings is 1. The number of hydrogen-bond donors (Lipinski definition) is 2. The Bertz CT molecular complexity index is 835. The van der Waals surface area contributed by atoms with Crippen molar-refractivity contribution in [1.29, 1.82) is 0 Å². The van der Waals surface area contributed by atoms with Crippen molar-refractivity contribution in [2.45, 2.75) is 26.2 Å². The van der Waals surface area contributed by atoms with E-state index in [0.717, 1.165) is 4.68 Å². The maximum absolute atomic E-state index is 12.2. The van der Waals surface area contributed by atoms with Gasteiger partial charge in [0, 0.05) is 17.5 Å². The molecule has 0 fully saturated rings. The molecular formula is C14H17N7O3. The van der Waals surface area contributed by atoms with Crippen molar-refractivity contribution in [3.8, 4) is 0 Å². The Morgan fingerprint density at radius 2 is 1.92 bits per heavy atom. The van der Waals surface area contributed by atoms with Crippen LogP contribution in [0.15, 0.2) is 34.2 Å². The second-order valence-corrected chi connectivity index (χ2v) is 6.02. The van der Waals surface area contributed by atoms with Crippen LogP contribution in [0.1, 0.15) is 32.0 Å². The van der Waals surface area contributed by atoms with Gasteiger partial charge in [-0.05, 0) is 17.7 Å². The average molecular weight is 331 g/mol. The number of hydrazone groups is 1. The molecule has 0 amide bonds. The molecule has 0 aliphatic carbocycles. The van der Waals surface area contributed by atoms with Crippen molar-refractivity contribution < 1.29 is 4.92 Å². The smallest absolute Gasteiger partial charge is 0.295 e. The second kappa shape index (κ2) is 6.44. The van der Waals surface area contributed by atoms with Crippen LogP contribution in [-0.2, 0) is 5.41 Å². The van der Waals surface area contributed by atoms with Crippen LogP contribution in [-0.4, -0.2) is 26.0 Å². The Hall–Kier alpha value is -3.30. The zero-order chi connectivity index (χ0) is 17.9. The summed E-state index contributed by atoms with van der Waals surface area (Å²) in [5.74, 6) is 5.68. The number of nitrogens with two attached hydrogens (primary N) is 1. The maximum atomic E-state index is 12.2. The summed E-state index contributed by atoms with van der Waals surface area (Å²) >= 11 is 0. The van der Waals surface area contributed by atoms with E-state index in [1.807, 2.05) is 20.8 Å². The molecule has 1 aromatic carbocycles. The van der Waals surface area contributed by atoms with E-state index >= 15 is 0 Å². The molecule has 0 aliphatic heterocycles. The first-order chi connectivity index (χ1) is 11.2. The monoisotopic (exact) mass is 331 g/mol. The van der Waals surface area contributed by atoms with Crippen LogP contribution in [0.5, 0.6) is 0 Å². The molecule has 0 atom stereocenters. The van der Waals surface area contributed by atoms with Gasteiger partial charge < -0.3 is 5.84 Å². The molecule has 3 N–H and O–H groups in total. The number of nitro groups is 1. The fourth-order valence-corrected chi connectivity index (χ4v) is 1.79. The highest BCUT2D eigenvalue weighted by atomic mass is 16.6. The minimum Gasteiger partial charge on any atom is -0.333 e. The highest BCUT2D eigenvalue weighted by molar-refractivity contribution is 5.80. The third-order valence-corrected chi connectivity index (χ3v) is 3.09. The quantitative estimate of drug-likeness (QED) is 0.368. The lowest BCUT2D eigenvalue weighted by atomic mass is 9.93. The van der Waals surface area contributed by atoms with Gasteiger partial charge in [-0.1, -0.05) is 20.8 Å². The highest BCUT2D eigenvalue weighted by Gasteiger charge is 2.22. The fraction of sp³-hybridized carbons (Fsp3) is 0.286. The SMILES string of the molecule is CC(C)(C)c1nnc(N/N=C\c2ccc([N+](=O)[O-])cc2)n(N)c1=O. The number of nitrogens with zero attached hydrogens (tertiary/aromatic N) is 5. The molecule has 0 saturated heterocycles. The molecule has 0 bridgehead atoms. The molecule has 0 unspecified atom stereocenters. The zero-order valence-electron chi connectivity index (χ0n) is 13.4. The van der Waals surface area contributed by atoms with Crippen molar-refractivity contribution in [2.24, 2.45) is 5.10 Å². The molecular weight excluding hydrogens is 314 g/mol. The molecule has 0 radical (unpaired) electrons. The van der Waals surface area contributed by atoms with E-state index in [2.05, 4.69) is 20.7 Å². The van der Waals surface area contributed by atoms with Crippen LogP contribution in [0.3, 0.4) is 0 Å². The van der Waals surface area contributed by atoms with Crippen molar-refractivity contribution in [1.82, 2.24) is 14.9 Å². The molecule has 0 spiro atoms. The van der Waals surface area contributed by atoms with Crippen LogP contribution < -0.4 is 16.8 Å². The van der Waals surface area contributed by atoms with Gasteiger partial charge in [0.05, 0.1) is 11.1 Å². The molecule has 1 aromatic heterocycles. The van der Waals surface area contributed by atoms with Gasteiger partial charge >= 0.3 is 0 Å². The summed E-state index contributed by atoms with van der Waals surface area (Å²) < 4.78 is 0.834. The number of nitrogens with one attached hydrogen (secondary N) is 1. The van der Waals surface area contributed by atoms with Gasteiger partial charge in [-0.2, -0.15) is 9.78 Å². The second-order valence-electron chi connectivity index (χ2n) is 6.02. The topological polar surface area (TPSA) is 141 Å². The molecule has 126 valence electrons. The Morgan fingerprint density at radius 1 is 1.29 bits per heavy atom. The van der Waals surface area contributed by atoms with E-state index in [1.54, 1.807) is 0 Å². The van der Waals surface area contributed by atoms with Gasteiger partial charge in [-0.15, -0.1) is 10.2 Å². The Morgan fingerprint density at radius 3 is 2.46 bits per heavy atom. The summed E-state index contributed by atoms with van der Waals surface area (Å²) in [6.07, 6.45) is 1.41.